The summed E-state index contributed by atoms with van der Waals surface area (Å²) in [5.41, 5.74) is 3.51. The fraction of sp³-hybridized carbons (Fsp3) is 0.360. The molecule has 5 nitrogen and oxygen atoms in total. The van der Waals surface area contributed by atoms with Gasteiger partial charge in [0, 0.05) is 30.2 Å². The zero-order valence-corrected chi connectivity index (χ0v) is 17.9. The van der Waals surface area contributed by atoms with Gasteiger partial charge in [-0.15, -0.1) is 0 Å². The summed E-state index contributed by atoms with van der Waals surface area (Å²) in [5.74, 6) is 0.323. The summed E-state index contributed by atoms with van der Waals surface area (Å²) in [6.07, 6.45) is 5.51. The lowest BCUT2D eigenvalue weighted by Gasteiger charge is -2.22. The van der Waals surface area contributed by atoms with E-state index in [-0.39, 0.29) is 5.69 Å². The third-order valence-electron chi connectivity index (χ3n) is 6.00. The highest BCUT2D eigenvalue weighted by Crippen LogP contribution is 2.30. The van der Waals surface area contributed by atoms with Crippen LogP contribution in [0.1, 0.15) is 25.7 Å². The van der Waals surface area contributed by atoms with Gasteiger partial charge in [0.1, 0.15) is 5.82 Å². The summed E-state index contributed by atoms with van der Waals surface area (Å²) in [6.45, 7) is 3.16. The number of hydrogen-bond donors (Lipinski definition) is 2. The molecule has 1 aliphatic rings. The van der Waals surface area contributed by atoms with Gasteiger partial charge in [0.15, 0.2) is 0 Å². The maximum Gasteiger partial charge on any atom is 0.213 e. The van der Waals surface area contributed by atoms with E-state index in [1.807, 2.05) is 24.3 Å². The van der Waals surface area contributed by atoms with E-state index in [0.29, 0.717) is 17.7 Å². The summed E-state index contributed by atoms with van der Waals surface area (Å²) >= 11 is 0. The van der Waals surface area contributed by atoms with Gasteiger partial charge in [0.25, 0.3) is 0 Å². The number of halogens is 1. The number of anilines is 2. The molecule has 0 spiro atoms. The summed E-state index contributed by atoms with van der Waals surface area (Å²) < 4.78 is 14.6. The van der Waals surface area contributed by atoms with Gasteiger partial charge in [0.05, 0.1) is 16.9 Å². The van der Waals surface area contributed by atoms with Crippen molar-refractivity contribution in [3.05, 3.63) is 54.3 Å². The van der Waals surface area contributed by atoms with Crippen molar-refractivity contribution < 1.29 is 9.18 Å². The Morgan fingerprint density at radius 2 is 2.13 bits per heavy atom. The number of fused-ring (bicyclic) bond motifs is 1. The Balaban J connectivity index is 1.55. The number of nitrogens with one attached hydrogen (secondary N) is 2. The lowest BCUT2D eigenvalue weighted by molar-refractivity contribution is -0.107. The lowest BCUT2D eigenvalue weighted by atomic mass is 9.95. The molecule has 1 amide bonds. The topological polar surface area (TPSA) is 57.3 Å². The molecule has 31 heavy (non-hydrogen) atoms. The zero-order valence-electron chi connectivity index (χ0n) is 17.9. The number of nitrogens with zero attached hydrogens (tertiary/aromatic N) is 2. The average molecular weight is 421 g/mol. The molecule has 2 aromatic carbocycles. The highest BCUT2D eigenvalue weighted by atomic mass is 19.1. The first-order chi connectivity index (χ1) is 15.2. The van der Waals surface area contributed by atoms with Gasteiger partial charge in [-0.25, -0.2) is 9.37 Å². The predicted octanol–water partition coefficient (Wildman–Crippen LogP) is 4.83. The van der Waals surface area contributed by atoms with E-state index < -0.39 is 5.82 Å². The SMILES string of the molecule is CN(C=O)c1ccc(-c2cc(NCCCC3CCCNC3)c3ccccc3n2)cc1F. The monoisotopic (exact) mass is 420 g/mol. The molecule has 1 atom stereocenters. The van der Waals surface area contributed by atoms with Crippen LogP contribution in [-0.2, 0) is 4.79 Å². The molecule has 2 heterocycles. The van der Waals surface area contributed by atoms with Crippen molar-refractivity contribution in [1.82, 2.24) is 10.3 Å². The number of piperidine rings is 1. The third kappa shape index (κ3) is 5.02. The number of rotatable bonds is 8. The number of amides is 1. The number of pyridine rings is 1. The summed E-state index contributed by atoms with van der Waals surface area (Å²) in [7, 11) is 1.53. The van der Waals surface area contributed by atoms with Crippen LogP contribution in [0.15, 0.2) is 48.5 Å². The summed E-state index contributed by atoms with van der Waals surface area (Å²) in [6, 6.07) is 14.8. The number of carbonyl (C=O) groups is 1. The van der Waals surface area contributed by atoms with Crippen LogP contribution in [0.2, 0.25) is 0 Å². The summed E-state index contributed by atoms with van der Waals surface area (Å²) in [4.78, 5) is 16.9. The molecule has 6 heteroatoms. The maximum absolute atomic E-state index is 14.6. The van der Waals surface area contributed by atoms with Gasteiger partial charge < -0.3 is 15.5 Å². The first kappa shape index (κ1) is 21.2. The van der Waals surface area contributed by atoms with Crippen molar-refractivity contribution in [2.75, 3.05) is 36.9 Å². The zero-order chi connectivity index (χ0) is 21.6. The molecular weight excluding hydrogens is 391 g/mol. The van der Waals surface area contributed by atoms with Gasteiger partial charge in [-0.05, 0) is 69.0 Å². The Morgan fingerprint density at radius 3 is 2.90 bits per heavy atom. The van der Waals surface area contributed by atoms with Crippen molar-refractivity contribution in [3.8, 4) is 11.3 Å². The van der Waals surface area contributed by atoms with E-state index in [2.05, 4.69) is 16.7 Å². The smallest absolute Gasteiger partial charge is 0.213 e. The van der Waals surface area contributed by atoms with Gasteiger partial charge in [-0.3, -0.25) is 4.79 Å². The normalized spacial score (nSPS) is 16.3. The average Bonchev–Trinajstić information content (AvgIpc) is 2.81. The van der Waals surface area contributed by atoms with E-state index in [1.54, 1.807) is 12.1 Å². The Morgan fingerprint density at radius 1 is 1.26 bits per heavy atom. The largest absolute Gasteiger partial charge is 0.384 e. The second kappa shape index (κ2) is 9.88. The Hall–Kier alpha value is -2.99. The van der Waals surface area contributed by atoms with Crippen LogP contribution in [0.3, 0.4) is 0 Å². The predicted molar refractivity (Wildman–Crippen MR) is 125 cm³/mol. The second-order valence-corrected chi connectivity index (χ2v) is 8.24. The number of benzene rings is 2. The minimum atomic E-state index is -0.447. The Bertz CT molecular complexity index is 1050. The molecule has 3 aromatic rings. The molecule has 0 aliphatic carbocycles. The molecule has 0 bridgehead atoms. The van der Waals surface area contributed by atoms with Gasteiger partial charge in [0.2, 0.25) is 6.41 Å². The fourth-order valence-corrected chi connectivity index (χ4v) is 4.26. The number of aromatic nitrogens is 1. The van der Waals surface area contributed by atoms with Crippen LogP contribution in [-0.4, -0.2) is 38.1 Å². The van der Waals surface area contributed by atoms with E-state index in [4.69, 9.17) is 4.98 Å². The van der Waals surface area contributed by atoms with Gasteiger partial charge >= 0.3 is 0 Å². The van der Waals surface area contributed by atoms with Crippen molar-refractivity contribution in [3.63, 3.8) is 0 Å². The van der Waals surface area contributed by atoms with Crippen molar-refractivity contribution >= 4 is 28.7 Å². The van der Waals surface area contributed by atoms with Crippen molar-refractivity contribution in [2.45, 2.75) is 25.7 Å². The van der Waals surface area contributed by atoms with Crippen molar-refractivity contribution in [2.24, 2.45) is 5.92 Å². The van der Waals surface area contributed by atoms with Crippen LogP contribution >= 0.6 is 0 Å². The second-order valence-electron chi connectivity index (χ2n) is 8.24. The van der Waals surface area contributed by atoms with Gasteiger partial charge in [-0.1, -0.05) is 24.3 Å². The first-order valence-corrected chi connectivity index (χ1v) is 11.0. The fourth-order valence-electron chi connectivity index (χ4n) is 4.26. The van der Waals surface area contributed by atoms with Gasteiger partial charge in [-0.2, -0.15) is 0 Å². The molecular formula is C25H29FN4O. The molecule has 1 unspecified atom stereocenters. The molecule has 1 fully saturated rings. The number of para-hydroxylation sites is 1. The van der Waals surface area contributed by atoms with E-state index in [9.17, 15) is 9.18 Å². The standard InChI is InChI=1S/C25H29FN4O/c1-30(17-31)25-11-10-19(14-21(25)26)23-15-24(20-8-2-3-9-22(20)29-23)28-13-5-7-18-6-4-12-27-16-18/h2-3,8-11,14-15,17-18,27H,4-7,12-13,16H2,1H3,(H,28,29). The molecule has 0 saturated carbocycles. The molecule has 1 aliphatic heterocycles. The molecule has 162 valence electrons. The minimum Gasteiger partial charge on any atom is -0.384 e. The van der Waals surface area contributed by atoms with Crippen molar-refractivity contribution in [1.29, 1.82) is 0 Å². The molecule has 0 radical (unpaired) electrons. The highest BCUT2D eigenvalue weighted by molar-refractivity contribution is 5.93. The highest BCUT2D eigenvalue weighted by Gasteiger charge is 2.14. The molecule has 1 aromatic heterocycles. The van der Waals surface area contributed by atoms with Crippen LogP contribution < -0.4 is 15.5 Å². The van der Waals surface area contributed by atoms with Crippen LogP contribution in [0.5, 0.6) is 0 Å². The lowest BCUT2D eigenvalue weighted by Crippen LogP contribution is -2.29. The Kier molecular flexibility index (Phi) is 6.77. The number of hydrogen-bond acceptors (Lipinski definition) is 4. The van der Waals surface area contributed by atoms with Crippen LogP contribution in [0, 0.1) is 11.7 Å². The molecule has 1 saturated heterocycles. The molecule has 4 rings (SSSR count). The first-order valence-electron chi connectivity index (χ1n) is 11.0. The van der Waals surface area contributed by atoms with E-state index >= 15 is 0 Å². The Labute approximate surface area is 182 Å². The van der Waals surface area contributed by atoms with E-state index in [1.165, 1.54) is 37.3 Å². The van der Waals surface area contributed by atoms with Crippen LogP contribution in [0.4, 0.5) is 15.8 Å². The number of carbonyl (C=O) groups excluding carboxylic acids is 1. The van der Waals surface area contributed by atoms with E-state index in [0.717, 1.165) is 48.6 Å². The minimum absolute atomic E-state index is 0.245. The maximum atomic E-state index is 14.6. The molecule has 2 N–H and O–H groups in total. The summed E-state index contributed by atoms with van der Waals surface area (Å²) in [5, 5.41) is 8.12. The quantitative estimate of drug-likeness (QED) is 0.405. The van der Waals surface area contributed by atoms with Crippen LogP contribution in [0.25, 0.3) is 22.2 Å². The third-order valence-corrected chi connectivity index (χ3v) is 6.00.